The van der Waals surface area contributed by atoms with Gasteiger partial charge in [0.15, 0.2) is 0 Å². The normalized spacial score (nSPS) is 25.0. The molecule has 1 amide bonds. The Kier molecular flexibility index (Phi) is 4.80. The number of hydrogen-bond donors (Lipinski definition) is 1. The van der Waals surface area contributed by atoms with Crippen LogP contribution in [0.4, 0.5) is 4.79 Å². The second-order valence-corrected chi connectivity index (χ2v) is 5.57. The van der Waals surface area contributed by atoms with Crippen LogP contribution in [0.3, 0.4) is 0 Å². The van der Waals surface area contributed by atoms with Gasteiger partial charge in [-0.1, -0.05) is 0 Å². The van der Waals surface area contributed by atoms with Gasteiger partial charge < -0.3 is 10.5 Å². The van der Waals surface area contributed by atoms with Gasteiger partial charge in [-0.25, -0.2) is 4.79 Å². The van der Waals surface area contributed by atoms with Crippen molar-refractivity contribution in [2.45, 2.75) is 58.0 Å². The van der Waals surface area contributed by atoms with Crippen molar-refractivity contribution in [3.63, 3.8) is 0 Å². The molecule has 0 spiro atoms. The Morgan fingerprint density at radius 2 is 2.00 bits per heavy atom. The largest absolute Gasteiger partial charge is 0.444 e. The minimum atomic E-state index is -0.705. The first-order chi connectivity index (χ1) is 7.93. The molecule has 0 aliphatic heterocycles. The van der Waals surface area contributed by atoms with Gasteiger partial charge in [-0.15, -0.1) is 0 Å². The Balaban J connectivity index is 2.27. The van der Waals surface area contributed by atoms with Crippen LogP contribution >= 0.6 is 0 Å². The number of nitriles is 1. The molecule has 0 unspecified atom stereocenters. The Bertz CT molecular complexity index is 299. The first-order valence-corrected chi connectivity index (χ1v) is 6.31. The van der Waals surface area contributed by atoms with E-state index in [-0.39, 0.29) is 5.92 Å². The molecule has 1 aliphatic rings. The third-order valence-electron chi connectivity index (χ3n) is 3.56. The highest BCUT2D eigenvalue weighted by Crippen LogP contribution is 2.33. The van der Waals surface area contributed by atoms with Gasteiger partial charge in [0.1, 0.15) is 5.60 Å². The topological polar surface area (TPSA) is 76.1 Å². The highest BCUT2D eigenvalue weighted by molar-refractivity contribution is 5.65. The molecule has 0 saturated heterocycles. The van der Waals surface area contributed by atoms with E-state index in [1.54, 1.807) is 0 Å². The maximum Gasteiger partial charge on any atom is 0.405 e. The summed E-state index contributed by atoms with van der Waals surface area (Å²) in [5, 5.41) is 8.81. The number of nitrogens with zero attached hydrogens (tertiary/aromatic N) is 1. The zero-order chi connectivity index (χ0) is 12.9. The SMILES string of the molecule is CC(C)(CCC1CCC(C#N)CC1)OC(N)=O. The van der Waals surface area contributed by atoms with E-state index in [1.807, 2.05) is 13.8 Å². The second kappa shape index (κ2) is 5.90. The molecule has 0 aromatic carbocycles. The number of hydrogen-bond acceptors (Lipinski definition) is 3. The van der Waals surface area contributed by atoms with Crippen LogP contribution < -0.4 is 5.73 Å². The summed E-state index contributed by atoms with van der Waals surface area (Å²) in [7, 11) is 0. The number of nitrogens with two attached hydrogens (primary N) is 1. The summed E-state index contributed by atoms with van der Waals surface area (Å²) >= 11 is 0. The minimum absolute atomic E-state index is 0.251. The smallest absolute Gasteiger partial charge is 0.405 e. The Hall–Kier alpha value is -1.24. The molecule has 96 valence electrons. The average Bonchev–Trinajstić information content (AvgIpc) is 2.25. The first-order valence-electron chi connectivity index (χ1n) is 6.31. The number of carbonyl (C=O) groups excluding carboxylic acids is 1. The average molecular weight is 238 g/mol. The molecular formula is C13H22N2O2. The zero-order valence-corrected chi connectivity index (χ0v) is 10.7. The van der Waals surface area contributed by atoms with Gasteiger partial charge in [0.25, 0.3) is 0 Å². The predicted octanol–water partition coefficient (Wildman–Crippen LogP) is 2.97. The van der Waals surface area contributed by atoms with Crippen LogP contribution in [0.25, 0.3) is 0 Å². The maximum absolute atomic E-state index is 10.7. The number of ether oxygens (including phenoxy) is 1. The predicted molar refractivity (Wildman–Crippen MR) is 65.0 cm³/mol. The van der Waals surface area contributed by atoms with E-state index in [4.69, 9.17) is 15.7 Å². The Morgan fingerprint density at radius 3 is 2.47 bits per heavy atom. The van der Waals surface area contributed by atoms with Crippen molar-refractivity contribution in [2.24, 2.45) is 17.6 Å². The van der Waals surface area contributed by atoms with E-state index in [2.05, 4.69) is 6.07 Å². The van der Waals surface area contributed by atoms with Gasteiger partial charge in [0, 0.05) is 5.92 Å². The fourth-order valence-corrected chi connectivity index (χ4v) is 2.46. The van der Waals surface area contributed by atoms with E-state index in [9.17, 15) is 4.79 Å². The molecule has 2 N–H and O–H groups in total. The molecule has 1 rings (SSSR count). The van der Waals surface area contributed by atoms with Crippen LogP contribution in [0.2, 0.25) is 0 Å². The number of rotatable bonds is 4. The highest BCUT2D eigenvalue weighted by atomic mass is 16.6. The highest BCUT2D eigenvalue weighted by Gasteiger charge is 2.26. The molecule has 4 heteroatoms. The van der Waals surface area contributed by atoms with Crippen LogP contribution in [0.15, 0.2) is 0 Å². The van der Waals surface area contributed by atoms with Gasteiger partial charge in [-0.3, -0.25) is 0 Å². The summed E-state index contributed by atoms with van der Waals surface area (Å²) in [5.74, 6) is 0.913. The van der Waals surface area contributed by atoms with Crippen molar-refractivity contribution in [1.82, 2.24) is 0 Å². The molecule has 4 nitrogen and oxygen atoms in total. The summed E-state index contributed by atoms with van der Waals surface area (Å²) < 4.78 is 5.06. The van der Waals surface area contributed by atoms with Crippen LogP contribution in [-0.2, 0) is 4.74 Å². The summed E-state index contributed by atoms with van der Waals surface area (Å²) in [6, 6.07) is 2.34. The third kappa shape index (κ3) is 5.08. The molecule has 1 aliphatic carbocycles. The Morgan fingerprint density at radius 1 is 1.41 bits per heavy atom. The molecule has 0 aromatic rings. The fourth-order valence-electron chi connectivity index (χ4n) is 2.46. The summed E-state index contributed by atoms with van der Waals surface area (Å²) in [6.07, 6.45) is 5.42. The van der Waals surface area contributed by atoms with Gasteiger partial charge >= 0.3 is 6.09 Å². The first kappa shape index (κ1) is 13.8. The fraction of sp³-hybridized carbons (Fsp3) is 0.846. The lowest BCUT2D eigenvalue weighted by atomic mass is 9.79. The number of primary amides is 1. The number of carbonyl (C=O) groups is 1. The molecule has 0 aromatic heterocycles. The maximum atomic E-state index is 10.7. The lowest BCUT2D eigenvalue weighted by Crippen LogP contribution is -2.31. The van der Waals surface area contributed by atoms with Crippen molar-refractivity contribution < 1.29 is 9.53 Å². The van der Waals surface area contributed by atoms with E-state index >= 15 is 0 Å². The number of amides is 1. The molecule has 17 heavy (non-hydrogen) atoms. The molecule has 0 radical (unpaired) electrons. The lowest BCUT2D eigenvalue weighted by Gasteiger charge is -2.29. The monoisotopic (exact) mass is 238 g/mol. The summed E-state index contributed by atoms with van der Waals surface area (Å²) in [6.45, 7) is 3.78. The van der Waals surface area contributed by atoms with Gasteiger partial charge in [-0.2, -0.15) is 5.26 Å². The zero-order valence-electron chi connectivity index (χ0n) is 10.7. The van der Waals surface area contributed by atoms with E-state index in [0.29, 0.717) is 5.92 Å². The summed E-state index contributed by atoms with van der Waals surface area (Å²) in [5.41, 5.74) is 4.55. The van der Waals surface area contributed by atoms with Gasteiger partial charge in [-0.05, 0) is 58.3 Å². The van der Waals surface area contributed by atoms with Crippen molar-refractivity contribution >= 4 is 6.09 Å². The van der Waals surface area contributed by atoms with Crippen molar-refractivity contribution in [1.29, 1.82) is 5.26 Å². The quantitative estimate of drug-likeness (QED) is 0.818. The standard InChI is InChI=1S/C13H22N2O2/c1-13(2,17-12(15)16)8-7-10-3-5-11(9-14)6-4-10/h10-11H,3-8H2,1-2H3,(H2,15,16). The van der Waals surface area contributed by atoms with Gasteiger partial charge in [0.05, 0.1) is 6.07 Å². The lowest BCUT2D eigenvalue weighted by molar-refractivity contribution is 0.0325. The van der Waals surface area contributed by atoms with E-state index in [0.717, 1.165) is 38.5 Å². The van der Waals surface area contributed by atoms with Crippen LogP contribution in [0, 0.1) is 23.2 Å². The minimum Gasteiger partial charge on any atom is -0.444 e. The van der Waals surface area contributed by atoms with Crippen LogP contribution in [0.5, 0.6) is 0 Å². The third-order valence-corrected chi connectivity index (χ3v) is 3.56. The molecular weight excluding hydrogens is 216 g/mol. The van der Waals surface area contributed by atoms with Crippen molar-refractivity contribution in [3.05, 3.63) is 0 Å². The van der Waals surface area contributed by atoms with E-state index in [1.165, 1.54) is 0 Å². The van der Waals surface area contributed by atoms with Crippen molar-refractivity contribution in [3.8, 4) is 6.07 Å². The Labute approximate surface area is 103 Å². The molecule has 0 heterocycles. The summed E-state index contributed by atoms with van der Waals surface area (Å²) in [4.78, 5) is 10.7. The second-order valence-electron chi connectivity index (χ2n) is 5.57. The molecule has 0 atom stereocenters. The molecule has 0 bridgehead atoms. The van der Waals surface area contributed by atoms with Crippen molar-refractivity contribution in [2.75, 3.05) is 0 Å². The van der Waals surface area contributed by atoms with Crippen LogP contribution in [-0.4, -0.2) is 11.7 Å². The van der Waals surface area contributed by atoms with E-state index < -0.39 is 11.7 Å². The van der Waals surface area contributed by atoms with Gasteiger partial charge in [0.2, 0.25) is 0 Å². The van der Waals surface area contributed by atoms with Crippen LogP contribution in [0.1, 0.15) is 52.4 Å². The molecule has 1 saturated carbocycles. The molecule has 1 fully saturated rings.